The first-order valence-electron chi connectivity index (χ1n) is 10.4. The van der Waals surface area contributed by atoms with Crippen LogP contribution in [0.4, 0.5) is 11.5 Å². The second-order valence-corrected chi connectivity index (χ2v) is 8.52. The fourth-order valence-corrected chi connectivity index (χ4v) is 4.21. The molecule has 1 fully saturated rings. The van der Waals surface area contributed by atoms with Crippen molar-refractivity contribution >= 4 is 23.1 Å². The van der Waals surface area contributed by atoms with Crippen LogP contribution in [-0.4, -0.2) is 50.3 Å². The van der Waals surface area contributed by atoms with Gasteiger partial charge in [0.2, 0.25) is 0 Å². The Morgan fingerprint density at radius 1 is 1.03 bits per heavy atom. The normalized spacial score (nSPS) is 14.5. The molecule has 1 aliphatic rings. The average Bonchev–Trinajstić information content (AvgIpc) is 2.78. The first kappa shape index (κ1) is 21.4. The number of nitrogens with zero attached hydrogens (tertiary/aromatic N) is 4. The van der Waals surface area contributed by atoms with Crippen LogP contribution in [-0.2, 0) is 0 Å². The van der Waals surface area contributed by atoms with E-state index in [1.165, 1.54) is 0 Å². The highest BCUT2D eigenvalue weighted by atomic mass is 35.5. The third kappa shape index (κ3) is 4.60. The maximum absolute atomic E-state index is 6.39. The summed E-state index contributed by atoms with van der Waals surface area (Å²) < 4.78 is 5.46. The number of nitrogens with two attached hydrogens (primary N) is 1. The third-order valence-electron chi connectivity index (χ3n) is 5.71. The number of rotatable bonds is 5. The van der Waals surface area contributed by atoms with Gasteiger partial charge in [-0.1, -0.05) is 11.6 Å². The number of anilines is 2. The van der Waals surface area contributed by atoms with Gasteiger partial charge in [-0.15, -0.1) is 0 Å². The molecule has 0 aliphatic carbocycles. The molecule has 2 N–H and O–H groups in total. The third-order valence-corrected chi connectivity index (χ3v) is 5.93. The van der Waals surface area contributed by atoms with Crippen molar-refractivity contribution in [2.75, 3.05) is 44.1 Å². The molecule has 7 heteroatoms. The average molecular weight is 438 g/mol. The molecule has 0 amide bonds. The van der Waals surface area contributed by atoms with Crippen molar-refractivity contribution in [3.8, 4) is 28.0 Å². The molecule has 6 nitrogen and oxygen atoms in total. The smallest absolute Gasteiger partial charge is 0.127 e. The van der Waals surface area contributed by atoms with E-state index in [1.54, 1.807) is 7.11 Å². The molecule has 31 heavy (non-hydrogen) atoms. The van der Waals surface area contributed by atoms with Crippen molar-refractivity contribution in [1.29, 1.82) is 0 Å². The van der Waals surface area contributed by atoms with Gasteiger partial charge < -0.3 is 20.3 Å². The molecule has 162 valence electrons. The Labute approximate surface area is 188 Å². The number of pyridine rings is 2. The molecule has 1 saturated heterocycles. The van der Waals surface area contributed by atoms with Crippen molar-refractivity contribution in [3.63, 3.8) is 0 Å². The van der Waals surface area contributed by atoms with Crippen LogP contribution in [0.25, 0.3) is 22.3 Å². The molecule has 3 aromatic rings. The Balaban J connectivity index is 1.87. The minimum atomic E-state index is 0.247. The summed E-state index contributed by atoms with van der Waals surface area (Å²) in [5.41, 5.74) is 11.4. The highest BCUT2D eigenvalue weighted by molar-refractivity contribution is 6.31. The van der Waals surface area contributed by atoms with Crippen molar-refractivity contribution in [3.05, 3.63) is 53.9 Å². The van der Waals surface area contributed by atoms with Crippen LogP contribution in [0.15, 0.2) is 48.9 Å². The topological polar surface area (TPSA) is 67.5 Å². The number of aromatic nitrogens is 2. The quantitative estimate of drug-likeness (QED) is 0.635. The molecule has 0 atom stereocenters. The number of methoxy groups -OCH3 is 1. The van der Waals surface area contributed by atoms with Gasteiger partial charge in [0, 0.05) is 73.5 Å². The van der Waals surface area contributed by atoms with Crippen molar-refractivity contribution in [1.82, 2.24) is 9.97 Å². The van der Waals surface area contributed by atoms with Crippen LogP contribution in [0.5, 0.6) is 5.75 Å². The minimum Gasteiger partial charge on any atom is -0.497 e. The second kappa shape index (κ2) is 9.12. The number of hydrogen-bond acceptors (Lipinski definition) is 6. The Bertz CT molecular complexity index is 1050. The molecule has 2 aromatic heterocycles. The monoisotopic (exact) mass is 437 g/mol. The summed E-state index contributed by atoms with van der Waals surface area (Å²) in [6, 6.07) is 10.1. The van der Waals surface area contributed by atoms with Crippen LogP contribution in [0.2, 0.25) is 5.02 Å². The lowest BCUT2D eigenvalue weighted by Gasteiger charge is -2.35. The van der Waals surface area contributed by atoms with Crippen LogP contribution in [0.1, 0.15) is 12.8 Å². The van der Waals surface area contributed by atoms with Crippen LogP contribution < -0.4 is 20.3 Å². The van der Waals surface area contributed by atoms with Crippen LogP contribution in [0, 0.1) is 0 Å². The molecule has 1 aromatic carbocycles. The molecule has 4 rings (SSSR count). The van der Waals surface area contributed by atoms with Gasteiger partial charge in [-0.25, -0.2) is 4.98 Å². The standard InChI is InChI=1S/C24H28ClN5O/c1-29(2)23-5-4-16(13-28-23)21-14-27-15-22(17-10-18(25)12-20(11-17)31-3)24(21)30-8-6-19(26)7-9-30/h4-5,10-15,19H,6-9,26H2,1-3H3. The molecule has 0 saturated carbocycles. The van der Waals surface area contributed by atoms with Gasteiger partial charge in [-0.2, -0.15) is 0 Å². The van der Waals surface area contributed by atoms with E-state index in [9.17, 15) is 0 Å². The van der Waals surface area contributed by atoms with Gasteiger partial charge in [0.1, 0.15) is 11.6 Å². The van der Waals surface area contributed by atoms with Gasteiger partial charge in [0.05, 0.1) is 12.8 Å². The van der Waals surface area contributed by atoms with Crippen molar-refractivity contribution < 1.29 is 4.74 Å². The van der Waals surface area contributed by atoms with Gasteiger partial charge in [-0.3, -0.25) is 4.98 Å². The summed E-state index contributed by atoms with van der Waals surface area (Å²) >= 11 is 6.39. The van der Waals surface area contributed by atoms with Crippen molar-refractivity contribution in [2.24, 2.45) is 5.73 Å². The van der Waals surface area contributed by atoms with Crippen molar-refractivity contribution in [2.45, 2.75) is 18.9 Å². The summed E-state index contributed by atoms with van der Waals surface area (Å²) in [6.45, 7) is 1.79. The second-order valence-electron chi connectivity index (χ2n) is 8.09. The van der Waals surface area contributed by atoms with E-state index < -0.39 is 0 Å². The number of benzene rings is 1. The van der Waals surface area contributed by atoms with E-state index in [0.717, 1.165) is 65.4 Å². The summed E-state index contributed by atoms with van der Waals surface area (Å²) in [5.74, 6) is 1.63. The van der Waals surface area contributed by atoms with Gasteiger partial charge in [-0.05, 0) is 48.7 Å². The molecular formula is C24H28ClN5O. The highest BCUT2D eigenvalue weighted by Gasteiger charge is 2.23. The Morgan fingerprint density at radius 2 is 1.74 bits per heavy atom. The SMILES string of the molecule is COc1cc(Cl)cc(-c2cncc(-c3ccc(N(C)C)nc3)c2N2CCC(N)CC2)c1. The predicted molar refractivity (Wildman–Crippen MR) is 128 cm³/mol. The summed E-state index contributed by atoms with van der Waals surface area (Å²) in [6.07, 6.45) is 7.64. The number of hydrogen-bond donors (Lipinski definition) is 1. The maximum Gasteiger partial charge on any atom is 0.127 e. The maximum atomic E-state index is 6.39. The zero-order valence-electron chi connectivity index (χ0n) is 18.2. The fourth-order valence-electron chi connectivity index (χ4n) is 3.99. The van der Waals surface area contributed by atoms with Crippen LogP contribution in [0.3, 0.4) is 0 Å². The summed E-state index contributed by atoms with van der Waals surface area (Å²) in [5, 5.41) is 0.628. The van der Waals surface area contributed by atoms with E-state index in [-0.39, 0.29) is 6.04 Å². The number of piperidine rings is 1. The fraction of sp³-hybridized carbons (Fsp3) is 0.333. The van der Waals surface area contributed by atoms with E-state index in [0.29, 0.717) is 5.02 Å². The lowest BCUT2D eigenvalue weighted by molar-refractivity contribution is 0.415. The van der Waals surface area contributed by atoms with Gasteiger partial charge in [0.25, 0.3) is 0 Å². The zero-order chi connectivity index (χ0) is 22.0. The molecule has 0 unspecified atom stereocenters. The predicted octanol–water partition coefficient (Wildman–Crippen LogP) is 4.47. The van der Waals surface area contributed by atoms with Gasteiger partial charge >= 0.3 is 0 Å². The van der Waals surface area contributed by atoms with E-state index in [1.807, 2.05) is 61.9 Å². The molecule has 3 heterocycles. The highest BCUT2D eigenvalue weighted by Crippen LogP contribution is 2.41. The number of halogens is 1. The van der Waals surface area contributed by atoms with Crippen LogP contribution >= 0.6 is 11.6 Å². The first-order valence-corrected chi connectivity index (χ1v) is 10.8. The summed E-state index contributed by atoms with van der Waals surface area (Å²) in [7, 11) is 5.62. The summed E-state index contributed by atoms with van der Waals surface area (Å²) in [4.78, 5) is 13.6. The van der Waals surface area contributed by atoms with E-state index in [2.05, 4.69) is 20.9 Å². The Kier molecular flexibility index (Phi) is 6.30. The molecule has 0 bridgehead atoms. The molecule has 0 radical (unpaired) electrons. The molecular weight excluding hydrogens is 410 g/mol. The molecule has 1 aliphatic heterocycles. The molecule has 0 spiro atoms. The lowest BCUT2D eigenvalue weighted by Crippen LogP contribution is -2.40. The minimum absolute atomic E-state index is 0.247. The first-order chi connectivity index (χ1) is 15.0. The zero-order valence-corrected chi connectivity index (χ0v) is 18.9. The lowest BCUT2D eigenvalue weighted by atomic mass is 9.96. The Morgan fingerprint density at radius 3 is 2.35 bits per heavy atom. The number of ether oxygens (including phenoxy) is 1. The Hall–Kier alpha value is -2.83. The van der Waals surface area contributed by atoms with E-state index >= 15 is 0 Å². The van der Waals surface area contributed by atoms with Gasteiger partial charge in [0.15, 0.2) is 0 Å². The van der Waals surface area contributed by atoms with E-state index in [4.69, 9.17) is 22.1 Å². The largest absolute Gasteiger partial charge is 0.497 e.